The van der Waals surface area contributed by atoms with E-state index in [1.165, 1.54) is 0 Å². The molecule has 0 saturated heterocycles. The fourth-order valence-corrected chi connectivity index (χ4v) is 2.48. The van der Waals surface area contributed by atoms with Crippen LogP contribution in [0, 0.1) is 0 Å². The normalized spacial score (nSPS) is 15.4. The van der Waals surface area contributed by atoms with Crippen LogP contribution in [0.2, 0.25) is 0 Å². The van der Waals surface area contributed by atoms with E-state index in [1.54, 1.807) is 30.3 Å². The van der Waals surface area contributed by atoms with E-state index in [-0.39, 0.29) is 11.3 Å². The molecule has 1 N–H and O–H groups in total. The molecule has 1 heterocycles. The van der Waals surface area contributed by atoms with Gasteiger partial charge in [-0.3, -0.25) is 4.79 Å². The molecule has 0 spiro atoms. The van der Waals surface area contributed by atoms with Gasteiger partial charge in [0, 0.05) is 19.8 Å². The summed E-state index contributed by atoms with van der Waals surface area (Å²) in [4.78, 5) is 26.1. The molecule has 2 aromatic carbocycles. The van der Waals surface area contributed by atoms with Gasteiger partial charge < -0.3 is 10.0 Å². The van der Waals surface area contributed by atoms with E-state index in [0.717, 1.165) is 16.3 Å². The van der Waals surface area contributed by atoms with Gasteiger partial charge in [-0.15, -0.1) is 0 Å². The molecule has 0 radical (unpaired) electrons. The van der Waals surface area contributed by atoms with Crippen LogP contribution in [-0.4, -0.2) is 36.8 Å². The lowest BCUT2D eigenvalue weighted by molar-refractivity contribution is -0.129. The number of anilines is 2. The third-order valence-electron chi connectivity index (χ3n) is 3.80. The second-order valence-electron chi connectivity index (χ2n) is 5.75. The van der Waals surface area contributed by atoms with E-state index in [2.05, 4.69) is 5.10 Å². The Morgan fingerprint density at radius 3 is 2.28 bits per heavy atom. The van der Waals surface area contributed by atoms with Gasteiger partial charge in [0.25, 0.3) is 5.91 Å². The van der Waals surface area contributed by atoms with E-state index in [9.17, 15) is 14.7 Å². The minimum absolute atomic E-state index is 0.0638. The summed E-state index contributed by atoms with van der Waals surface area (Å²) in [5.41, 5.74) is 2.08. The zero-order valence-electron chi connectivity index (χ0n) is 13.9. The smallest absolute Gasteiger partial charge is 0.357 e. The molecule has 0 fully saturated rings. The molecule has 6 nitrogen and oxygen atoms in total. The Morgan fingerprint density at radius 1 is 1.08 bits per heavy atom. The quantitative estimate of drug-likeness (QED) is 0.872. The van der Waals surface area contributed by atoms with Crippen LogP contribution in [0.3, 0.4) is 0 Å². The predicted octanol–water partition coefficient (Wildman–Crippen LogP) is 2.62. The molecular weight excluding hydrogens is 318 g/mol. The Labute approximate surface area is 145 Å². The molecule has 0 unspecified atom stereocenters. The van der Waals surface area contributed by atoms with Gasteiger partial charge in [-0.05, 0) is 35.9 Å². The van der Waals surface area contributed by atoms with Crippen molar-refractivity contribution in [1.82, 2.24) is 0 Å². The Balaban J connectivity index is 1.98. The summed E-state index contributed by atoms with van der Waals surface area (Å²) in [5, 5.41) is 14.5. The lowest BCUT2D eigenvalue weighted by atomic mass is 10.1. The van der Waals surface area contributed by atoms with E-state index >= 15 is 0 Å². The highest BCUT2D eigenvalue weighted by atomic mass is 16.4. The van der Waals surface area contributed by atoms with Gasteiger partial charge in [-0.2, -0.15) is 10.1 Å². The lowest BCUT2D eigenvalue weighted by Gasteiger charge is -2.12. The zero-order chi connectivity index (χ0) is 18.0. The molecule has 1 amide bonds. The molecular formula is C19H17N3O3. The standard InChI is InChI=1S/C19H17N3O3/c1-21(2)14-10-8-13(9-11-14)12-16-17(19(24)25)20-22(18(16)23)15-6-4-3-5-7-15/h3-12H,1-2H3,(H,24,25)/b16-12+. The topological polar surface area (TPSA) is 73.2 Å². The van der Waals surface area contributed by atoms with E-state index in [0.29, 0.717) is 5.69 Å². The van der Waals surface area contributed by atoms with Crippen LogP contribution in [0.1, 0.15) is 5.56 Å². The number of aliphatic carboxylic acids is 1. The molecule has 25 heavy (non-hydrogen) atoms. The maximum absolute atomic E-state index is 12.7. The summed E-state index contributed by atoms with van der Waals surface area (Å²) in [7, 11) is 3.86. The number of nitrogens with zero attached hydrogens (tertiary/aromatic N) is 3. The number of para-hydroxylation sites is 1. The van der Waals surface area contributed by atoms with Crippen LogP contribution in [0.25, 0.3) is 6.08 Å². The van der Waals surface area contributed by atoms with E-state index < -0.39 is 11.9 Å². The Hall–Kier alpha value is -3.41. The van der Waals surface area contributed by atoms with Crippen molar-refractivity contribution in [3.63, 3.8) is 0 Å². The van der Waals surface area contributed by atoms with Crippen molar-refractivity contribution in [2.45, 2.75) is 0 Å². The highest BCUT2D eigenvalue weighted by Crippen LogP contribution is 2.25. The number of hydrogen-bond acceptors (Lipinski definition) is 4. The number of amides is 1. The number of carboxylic acids is 1. The third-order valence-corrected chi connectivity index (χ3v) is 3.80. The van der Waals surface area contributed by atoms with Crippen LogP contribution >= 0.6 is 0 Å². The van der Waals surface area contributed by atoms with Crippen molar-refractivity contribution >= 4 is 35.0 Å². The summed E-state index contributed by atoms with van der Waals surface area (Å²) >= 11 is 0. The number of carbonyl (C=O) groups excluding carboxylic acids is 1. The number of rotatable bonds is 4. The van der Waals surface area contributed by atoms with Crippen LogP contribution in [-0.2, 0) is 9.59 Å². The van der Waals surface area contributed by atoms with Crippen LogP contribution in [0.15, 0.2) is 65.3 Å². The summed E-state index contributed by atoms with van der Waals surface area (Å²) in [6.07, 6.45) is 1.55. The predicted molar refractivity (Wildman–Crippen MR) is 97.7 cm³/mol. The average Bonchev–Trinajstić information content (AvgIpc) is 2.93. The number of benzene rings is 2. The highest BCUT2D eigenvalue weighted by Gasteiger charge is 2.34. The minimum Gasteiger partial charge on any atom is -0.476 e. The minimum atomic E-state index is -1.23. The fourth-order valence-electron chi connectivity index (χ4n) is 2.48. The van der Waals surface area contributed by atoms with Crippen LogP contribution in [0.5, 0.6) is 0 Å². The maximum atomic E-state index is 12.7. The second kappa shape index (κ2) is 6.60. The van der Waals surface area contributed by atoms with Gasteiger partial charge in [0.2, 0.25) is 0 Å². The van der Waals surface area contributed by atoms with Crippen molar-refractivity contribution in [3.05, 3.63) is 65.7 Å². The summed E-state index contributed by atoms with van der Waals surface area (Å²) < 4.78 is 0. The molecule has 0 aromatic heterocycles. The third kappa shape index (κ3) is 3.28. The average molecular weight is 335 g/mol. The second-order valence-corrected chi connectivity index (χ2v) is 5.75. The molecule has 0 saturated carbocycles. The largest absolute Gasteiger partial charge is 0.476 e. The number of carbonyl (C=O) groups is 2. The first-order chi connectivity index (χ1) is 12.0. The molecule has 2 aromatic rings. The van der Waals surface area contributed by atoms with Gasteiger partial charge in [-0.25, -0.2) is 4.79 Å². The SMILES string of the molecule is CN(C)c1ccc(/C=C2/C(=O)N(c3ccccc3)N=C2C(=O)O)cc1. The van der Waals surface area contributed by atoms with Crippen molar-refractivity contribution in [1.29, 1.82) is 0 Å². The van der Waals surface area contributed by atoms with Crippen molar-refractivity contribution < 1.29 is 14.7 Å². The first-order valence-electron chi connectivity index (χ1n) is 7.68. The molecule has 0 atom stereocenters. The van der Waals surface area contributed by atoms with E-state index in [4.69, 9.17) is 0 Å². The van der Waals surface area contributed by atoms with Gasteiger partial charge >= 0.3 is 5.97 Å². The van der Waals surface area contributed by atoms with Crippen molar-refractivity contribution in [2.75, 3.05) is 24.0 Å². The van der Waals surface area contributed by atoms with Gasteiger partial charge in [0.05, 0.1) is 11.3 Å². The molecule has 3 rings (SSSR count). The van der Waals surface area contributed by atoms with E-state index in [1.807, 2.05) is 49.3 Å². The van der Waals surface area contributed by atoms with Gasteiger partial charge in [-0.1, -0.05) is 30.3 Å². The van der Waals surface area contributed by atoms with Crippen molar-refractivity contribution in [2.24, 2.45) is 5.10 Å². The Bertz CT molecular complexity index is 869. The lowest BCUT2D eigenvalue weighted by Crippen LogP contribution is -2.22. The maximum Gasteiger partial charge on any atom is 0.357 e. The summed E-state index contributed by atoms with van der Waals surface area (Å²) in [6.45, 7) is 0. The van der Waals surface area contributed by atoms with Gasteiger partial charge in [0.1, 0.15) is 0 Å². The van der Waals surface area contributed by atoms with Crippen molar-refractivity contribution in [3.8, 4) is 0 Å². The molecule has 0 aliphatic carbocycles. The van der Waals surface area contributed by atoms with Crippen LogP contribution < -0.4 is 9.91 Å². The highest BCUT2D eigenvalue weighted by molar-refractivity contribution is 6.53. The van der Waals surface area contributed by atoms with Crippen LogP contribution in [0.4, 0.5) is 11.4 Å². The van der Waals surface area contributed by atoms with Gasteiger partial charge in [0.15, 0.2) is 5.71 Å². The monoisotopic (exact) mass is 335 g/mol. The summed E-state index contributed by atoms with van der Waals surface area (Å²) in [6, 6.07) is 16.2. The molecule has 1 aliphatic rings. The molecule has 0 bridgehead atoms. The Kier molecular flexibility index (Phi) is 4.35. The zero-order valence-corrected chi connectivity index (χ0v) is 13.9. The first kappa shape index (κ1) is 16.4. The summed E-state index contributed by atoms with van der Waals surface area (Å²) in [5.74, 6) is -1.69. The first-order valence-corrected chi connectivity index (χ1v) is 7.68. The fraction of sp³-hybridized carbons (Fsp3) is 0.105. The molecule has 126 valence electrons. The number of carboxylic acid groups (broad SMARTS) is 1. The number of hydrogen-bond donors (Lipinski definition) is 1. The molecule has 1 aliphatic heterocycles. The Morgan fingerprint density at radius 2 is 1.72 bits per heavy atom. The number of hydrazone groups is 1. The molecule has 6 heteroatoms.